The molecule has 0 fully saturated rings. The van der Waals surface area contributed by atoms with Gasteiger partial charge in [-0.2, -0.15) is 0 Å². The van der Waals surface area contributed by atoms with Gasteiger partial charge in [-0.3, -0.25) is 4.79 Å². The van der Waals surface area contributed by atoms with Gasteiger partial charge >= 0.3 is 5.97 Å². The molecule has 0 atom stereocenters. The lowest BCUT2D eigenvalue weighted by Crippen LogP contribution is -2.05. The molecule has 174 valence electrons. The molecule has 2 heteroatoms. The Hall–Kier alpha value is -0.530. The molecular weight excluding hydrogens is 356 g/mol. The second-order valence-electron chi connectivity index (χ2n) is 9.04. The maximum absolute atomic E-state index is 11.7. The van der Waals surface area contributed by atoms with Crippen molar-refractivity contribution in [3.63, 3.8) is 0 Å². The van der Waals surface area contributed by atoms with E-state index in [1.807, 2.05) is 0 Å². The van der Waals surface area contributed by atoms with Crippen molar-refractivity contribution in [3.8, 4) is 0 Å². The van der Waals surface area contributed by atoms with Crippen molar-refractivity contribution in [3.05, 3.63) is 0 Å². The number of unbranched alkanes of at least 4 members (excludes halogenated alkanes) is 20. The highest BCUT2D eigenvalue weighted by molar-refractivity contribution is 5.69. The average molecular weight is 411 g/mol. The van der Waals surface area contributed by atoms with Crippen LogP contribution in [0.1, 0.15) is 162 Å². The molecule has 0 N–H and O–H groups in total. The predicted octanol–water partition coefficient (Wildman–Crippen LogP) is 9.54. The van der Waals surface area contributed by atoms with E-state index < -0.39 is 0 Å². The fourth-order valence-electron chi connectivity index (χ4n) is 3.96. The van der Waals surface area contributed by atoms with Crippen molar-refractivity contribution in [2.45, 2.75) is 162 Å². The van der Waals surface area contributed by atoms with Crippen LogP contribution in [0.15, 0.2) is 0 Å². The Kier molecular flexibility index (Phi) is 25.0. The van der Waals surface area contributed by atoms with Crippen LogP contribution in [0.5, 0.6) is 0 Å². The predicted molar refractivity (Wildman–Crippen MR) is 128 cm³/mol. The van der Waals surface area contributed by atoms with Gasteiger partial charge in [-0.15, -0.1) is 0 Å². The summed E-state index contributed by atoms with van der Waals surface area (Å²) in [6.07, 6.45) is 29.9. The molecule has 0 rings (SSSR count). The molecule has 0 aromatic rings. The zero-order valence-corrected chi connectivity index (χ0v) is 20.3. The van der Waals surface area contributed by atoms with Crippen LogP contribution in [0.4, 0.5) is 0 Å². The number of esters is 1. The second kappa shape index (κ2) is 25.5. The van der Waals surface area contributed by atoms with E-state index in [0.29, 0.717) is 13.0 Å². The van der Waals surface area contributed by atoms with E-state index in [4.69, 9.17) is 4.74 Å². The van der Waals surface area contributed by atoms with Crippen LogP contribution in [-0.2, 0) is 9.53 Å². The zero-order valence-electron chi connectivity index (χ0n) is 20.3. The summed E-state index contributed by atoms with van der Waals surface area (Å²) in [5, 5.41) is 0. The third kappa shape index (κ3) is 25.4. The first-order valence-corrected chi connectivity index (χ1v) is 13.5. The molecule has 0 spiro atoms. The Morgan fingerprint density at radius 1 is 0.448 bits per heavy atom. The molecule has 0 aliphatic heterocycles. The van der Waals surface area contributed by atoms with Gasteiger partial charge in [-0.1, -0.05) is 142 Å². The van der Waals surface area contributed by atoms with Crippen LogP contribution < -0.4 is 0 Å². The first-order chi connectivity index (χ1) is 14.3. The first-order valence-electron chi connectivity index (χ1n) is 13.5. The van der Waals surface area contributed by atoms with Crippen molar-refractivity contribution < 1.29 is 9.53 Å². The lowest BCUT2D eigenvalue weighted by Gasteiger charge is -2.05. The lowest BCUT2D eigenvalue weighted by atomic mass is 10.0. The third-order valence-corrected chi connectivity index (χ3v) is 6.00. The maximum atomic E-state index is 11.7. The molecule has 0 aliphatic carbocycles. The zero-order chi connectivity index (χ0) is 21.3. The summed E-state index contributed by atoms with van der Waals surface area (Å²) in [7, 11) is 0. The lowest BCUT2D eigenvalue weighted by molar-refractivity contribution is -0.143. The maximum Gasteiger partial charge on any atom is 0.305 e. The summed E-state index contributed by atoms with van der Waals surface area (Å²) in [6, 6.07) is 0. The molecular formula is C27H54O2. The highest BCUT2D eigenvalue weighted by Crippen LogP contribution is 2.13. The minimum Gasteiger partial charge on any atom is -0.466 e. The molecule has 2 nitrogen and oxygen atoms in total. The third-order valence-electron chi connectivity index (χ3n) is 6.00. The van der Waals surface area contributed by atoms with E-state index in [0.717, 1.165) is 12.8 Å². The molecule has 0 saturated carbocycles. The Morgan fingerprint density at radius 3 is 1.14 bits per heavy atom. The molecule has 0 aromatic carbocycles. The first kappa shape index (κ1) is 28.5. The Bertz CT molecular complexity index is 314. The standard InChI is InChI=1S/C27H54O2/c1-3-5-7-9-11-12-13-14-15-16-17-18-20-22-24-26-29-27(28)25-23-21-19-10-8-6-4-2/h3-26H2,1-2H3. The van der Waals surface area contributed by atoms with Gasteiger partial charge in [0.05, 0.1) is 6.61 Å². The van der Waals surface area contributed by atoms with Gasteiger partial charge in [0, 0.05) is 6.42 Å². The molecule has 0 heterocycles. The topological polar surface area (TPSA) is 26.3 Å². The molecule has 0 aliphatic rings. The summed E-state index contributed by atoms with van der Waals surface area (Å²) in [4.78, 5) is 11.7. The number of carbonyl (C=O) groups excluding carboxylic acids is 1. The van der Waals surface area contributed by atoms with Crippen molar-refractivity contribution in [1.82, 2.24) is 0 Å². The van der Waals surface area contributed by atoms with Gasteiger partial charge in [0.1, 0.15) is 0 Å². The molecule has 0 bridgehead atoms. The van der Waals surface area contributed by atoms with E-state index in [2.05, 4.69) is 13.8 Å². The number of ether oxygens (including phenoxy) is 1. The number of hydrogen-bond donors (Lipinski definition) is 0. The van der Waals surface area contributed by atoms with E-state index in [1.165, 1.54) is 128 Å². The number of hydrogen-bond acceptors (Lipinski definition) is 2. The summed E-state index contributed by atoms with van der Waals surface area (Å²) in [5.74, 6) is 0.0175. The molecule has 0 unspecified atom stereocenters. The van der Waals surface area contributed by atoms with E-state index in [9.17, 15) is 4.79 Å². The Balaban J connectivity index is 3.11. The summed E-state index contributed by atoms with van der Waals surface area (Å²) < 4.78 is 5.36. The van der Waals surface area contributed by atoms with Crippen LogP contribution in [0.25, 0.3) is 0 Å². The van der Waals surface area contributed by atoms with E-state index in [1.54, 1.807) is 0 Å². The van der Waals surface area contributed by atoms with E-state index in [-0.39, 0.29) is 5.97 Å². The van der Waals surface area contributed by atoms with Crippen LogP contribution in [0.2, 0.25) is 0 Å². The van der Waals surface area contributed by atoms with Crippen molar-refractivity contribution in [1.29, 1.82) is 0 Å². The van der Waals surface area contributed by atoms with Crippen LogP contribution in [0, 0.1) is 0 Å². The summed E-state index contributed by atoms with van der Waals surface area (Å²) in [5.41, 5.74) is 0. The Morgan fingerprint density at radius 2 is 0.759 bits per heavy atom. The monoisotopic (exact) mass is 410 g/mol. The smallest absolute Gasteiger partial charge is 0.305 e. The molecule has 0 radical (unpaired) electrons. The Labute approximate surface area is 184 Å². The van der Waals surface area contributed by atoms with Gasteiger partial charge in [0.2, 0.25) is 0 Å². The van der Waals surface area contributed by atoms with Crippen molar-refractivity contribution in [2.24, 2.45) is 0 Å². The normalized spacial score (nSPS) is 11.1. The summed E-state index contributed by atoms with van der Waals surface area (Å²) >= 11 is 0. The summed E-state index contributed by atoms with van der Waals surface area (Å²) in [6.45, 7) is 5.16. The SMILES string of the molecule is CCCCCCCCCCCCCCCCCOC(=O)CCCCCCCCC. The van der Waals surface area contributed by atoms with Crippen molar-refractivity contribution >= 4 is 5.97 Å². The highest BCUT2D eigenvalue weighted by atomic mass is 16.5. The van der Waals surface area contributed by atoms with Gasteiger partial charge in [0.15, 0.2) is 0 Å². The minimum absolute atomic E-state index is 0.0175. The van der Waals surface area contributed by atoms with Gasteiger partial charge in [-0.05, 0) is 12.8 Å². The fraction of sp³-hybridized carbons (Fsp3) is 0.963. The van der Waals surface area contributed by atoms with Crippen LogP contribution >= 0.6 is 0 Å². The quantitative estimate of drug-likeness (QED) is 0.117. The van der Waals surface area contributed by atoms with E-state index >= 15 is 0 Å². The number of carbonyl (C=O) groups is 1. The molecule has 29 heavy (non-hydrogen) atoms. The highest BCUT2D eigenvalue weighted by Gasteiger charge is 2.02. The molecule has 0 aromatic heterocycles. The van der Waals surface area contributed by atoms with Gasteiger partial charge in [-0.25, -0.2) is 0 Å². The average Bonchev–Trinajstić information content (AvgIpc) is 2.72. The van der Waals surface area contributed by atoms with Gasteiger partial charge in [0.25, 0.3) is 0 Å². The minimum atomic E-state index is 0.0175. The number of rotatable bonds is 24. The molecule has 0 amide bonds. The van der Waals surface area contributed by atoms with Crippen LogP contribution in [-0.4, -0.2) is 12.6 Å². The van der Waals surface area contributed by atoms with Gasteiger partial charge < -0.3 is 4.74 Å². The largest absolute Gasteiger partial charge is 0.466 e. The fourth-order valence-corrected chi connectivity index (χ4v) is 3.96. The molecule has 0 saturated heterocycles. The van der Waals surface area contributed by atoms with Crippen molar-refractivity contribution in [2.75, 3.05) is 6.61 Å². The second-order valence-corrected chi connectivity index (χ2v) is 9.04. The van der Waals surface area contributed by atoms with Crippen LogP contribution in [0.3, 0.4) is 0 Å².